The lowest BCUT2D eigenvalue weighted by atomic mass is 9.89. The molecule has 1 N–H and O–H groups in total. The minimum atomic E-state index is 0.0622. The SMILES string of the molecule is CC/C=C\C[C@@H]1C(=O)CC[C@@H]1CC(=O)NC[C@@H](C)CC. The van der Waals surface area contributed by atoms with Crippen LogP contribution >= 0.6 is 0 Å². The van der Waals surface area contributed by atoms with E-state index in [4.69, 9.17) is 0 Å². The van der Waals surface area contributed by atoms with E-state index >= 15 is 0 Å². The molecule has 0 spiro atoms. The summed E-state index contributed by atoms with van der Waals surface area (Å²) in [6, 6.07) is 0. The lowest BCUT2D eigenvalue weighted by Gasteiger charge is -2.17. The second-order valence-corrected chi connectivity index (χ2v) is 6.01. The molecule has 20 heavy (non-hydrogen) atoms. The zero-order chi connectivity index (χ0) is 15.0. The first-order valence-electron chi connectivity index (χ1n) is 8.02. The molecule has 0 heterocycles. The molecule has 3 heteroatoms. The summed E-state index contributed by atoms with van der Waals surface area (Å²) in [5.41, 5.74) is 0. The predicted molar refractivity (Wildman–Crippen MR) is 82.4 cm³/mol. The normalized spacial score (nSPS) is 24.2. The van der Waals surface area contributed by atoms with E-state index in [1.165, 1.54) is 0 Å². The number of allylic oxidation sites excluding steroid dienone is 2. The van der Waals surface area contributed by atoms with Crippen LogP contribution in [0.2, 0.25) is 0 Å². The monoisotopic (exact) mass is 279 g/mol. The average molecular weight is 279 g/mol. The second kappa shape index (κ2) is 8.93. The second-order valence-electron chi connectivity index (χ2n) is 6.01. The average Bonchev–Trinajstić information content (AvgIpc) is 2.77. The van der Waals surface area contributed by atoms with Gasteiger partial charge in [-0.15, -0.1) is 0 Å². The smallest absolute Gasteiger partial charge is 0.220 e. The third-order valence-electron chi connectivity index (χ3n) is 4.33. The summed E-state index contributed by atoms with van der Waals surface area (Å²) in [5, 5.41) is 2.99. The van der Waals surface area contributed by atoms with Crippen LogP contribution in [0.15, 0.2) is 12.2 Å². The zero-order valence-corrected chi connectivity index (χ0v) is 13.2. The van der Waals surface area contributed by atoms with Crippen molar-refractivity contribution in [1.29, 1.82) is 0 Å². The lowest BCUT2D eigenvalue weighted by molar-refractivity contribution is -0.123. The van der Waals surface area contributed by atoms with Gasteiger partial charge < -0.3 is 5.32 Å². The van der Waals surface area contributed by atoms with Gasteiger partial charge in [0.1, 0.15) is 5.78 Å². The van der Waals surface area contributed by atoms with Crippen molar-refractivity contribution in [2.45, 2.75) is 59.3 Å². The number of ketones is 1. The van der Waals surface area contributed by atoms with Gasteiger partial charge in [-0.3, -0.25) is 9.59 Å². The summed E-state index contributed by atoms with van der Waals surface area (Å²) in [7, 11) is 0. The molecule has 1 aliphatic rings. The fourth-order valence-corrected chi connectivity index (χ4v) is 2.70. The maximum atomic E-state index is 12.0. The summed E-state index contributed by atoms with van der Waals surface area (Å²) in [6.45, 7) is 7.10. The number of nitrogens with one attached hydrogen (secondary N) is 1. The molecule has 1 saturated carbocycles. The van der Waals surface area contributed by atoms with E-state index in [0.29, 0.717) is 24.5 Å². The van der Waals surface area contributed by atoms with Crippen molar-refractivity contribution in [1.82, 2.24) is 5.32 Å². The largest absolute Gasteiger partial charge is 0.356 e. The van der Waals surface area contributed by atoms with E-state index in [2.05, 4.69) is 38.2 Å². The quantitative estimate of drug-likeness (QED) is 0.691. The molecule has 0 radical (unpaired) electrons. The van der Waals surface area contributed by atoms with E-state index in [0.717, 1.165) is 32.2 Å². The highest BCUT2D eigenvalue weighted by Crippen LogP contribution is 2.34. The molecule has 1 amide bonds. The van der Waals surface area contributed by atoms with Crippen LogP contribution in [0.3, 0.4) is 0 Å². The molecule has 1 fully saturated rings. The number of carbonyl (C=O) groups excluding carboxylic acids is 2. The first-order valence-corrected chi connectivity index (χ1v) is 8.02. The summed E-state index contributed by atoms with van der Waals surface area (Å²) >= 11 is 0. The van der Waals surface area contributed by atoms with Gasteiger partial charge in [0.05, 0.1) is 0 Å². The standard InChI is InChI=1S/C17H29NO2/c1-4-6-7-8-15-14(9-10-16(15)19)11-17(20)18-12-13(3)5-2/h6-7,13-15H,4-5,8-12H2,1-3H3,(H,18,20)/b7-6-/t13-,14+,15-/m0/s1. The highest BCUT2D eigenvalue weighted by molar-refractivity contribution is 5.85. The van der Waals surface area contributed by atoms with Crippen molar-refractivity contribution in [3.8, 4) is 0 Å². The number of hydrogen-bond donors (Lipinski definition) is 1. The highest BCUT2D eigenvalue weighted by Gasteiger charge is 2.34. The summed E-state index contributed by atoms with van der Waals surface area (Å²) in [4.78, 5) is 23.9. The first kappa shape index (κ1) is 16.9. The first-order chi connectivity index (χ1) is 9.58. The Morgan fingerprint density at radius 3 is 2.80 bits per heavy atom. The van der Waals surface area contributed by atoms with Gasteiger partial charge in [-0.25, -0.2) is 0 Å². The van der Waals surface area contributed by atoms with Gasteiger partial charge in [0, 0.05) is 25.3 Å². The minimum Gasteiger partial charge on any atom is -0.356 e. The summed E-state index contributed by atoms with van der Waals surface area (Å²) in [6.07, 6.45) is 9.11. The number of rotatable bonds is 8. The maximum absolute atomic E-state index is 12.0. The van der Waals surface area contributed by atoms with Crippen LogP contribution < -0.4 is 5.32 Å². The van der Waals surface area contributed by atoms with Crippen LogP contribution in [0.1, 0.15) is 59.3 Å². The van der Waals surface area contributed by atoms with Gasteiger partial charge in [0.25, 0.3) is 0 Å². The van der Waals surface area contributed by atoms with E-state index < -0.39 is 0 Å². The third-order valence-corrected chi connectivity index (χ3v) is 4.33. The molecule has 0 aromatic rings. The minimum absolute atomic E-state index is 0.0622. The third kappa shape index (κ3) is 5.48. The highest BCUT2D eigenvalue weighted by atomic mass is 16.1. The van der Waals surface area contributed by atoms with E-state index in [1.54, 1.807) is 0 Å². The van der Waals surface area contributed by atoms with Crippen LogP contribution in [-0.4, -0.2) is 18.2 Å². The fourth-order valence-electron chi connectivity index (χ4n) is 2.70. The molecule has 1 aliphatic carbocycles. The maximum Gasteiger partial charge on any atom is 0.220 e. The van der Waals surface area contributed by atoms with Crippen LogP contribution in [0.25, 0.3) is 0 Å². The zero-order valence-electron chi connectivity index (χ0n) is 13.2. The Bertz CT molecular complexity index is 349. The van der Waals surface area contributed by atoms with Gasteiger partial charge in [-0.1, -0.05) is 39.3 Å². The van der Waals surface area contributed by atoms with Crippen molar-refractivity contribution in [3.05, 3.63) is 12.2 Å². The van der Waals surface area contributed by atoms with Gasteiger partial charge in [0.15, 0.2) is 0 Å². The van der Waals surface area contributed by atoms with Gasteiger partial charge in [0.2, 0.25) is 5.91 Å². The fraction of sp³-hybridized carbons (Fsp3) is 0.765. The summed E-state index contributed by atoms with van der Waals surface area (Å²) in [5.74, 6) is 1.26. The predicted octanol–water partition coefficient (Wildman–Crippen LogP) is 3.49. The number of amides is 1. The van der Waals surface area contributed by atoms with Crippen LogP contribution in [0.4, 0.5) is 0 Å². The van der Waals surface area contributed by atoms with Crippen molar-refractivity contribution in [2.24, 2.45) is 17.8 Å². The Kier molecular flexibility index (Phi) is 7.56. The Hall–Kier alpha value is -1.12. The number of Topliss-reactive ketones (excluding diaryl/α,β-unsaturated/α-hetero) is 1. The topological polar surface area (TPSA) is 46.2 Å². The van der Waals surface area contributed by atoms with Gasteiger partial charge in [-0.05, 0) is 31.1 Å². The molecule has 0 unspecified atom stereocenters. The van der Waals surface area contributed by atoms with Crippen LogP contribution in [-0.2, 0) is 9.59 Å². The van der Waals surface area contributed by atoms with E-state index in [9.17, 15) is 9.59 Å². The lowest BCUT2D eigenvalue weighted by Crippen LogP contribution is -2.30. The molecular weight excluding hydrogens is 250 g/mol. The summed E-state index contributed by atoms with van der Waals surface area (Å²) < 4.78 is 0. The van der Waals surface area contributed by atoms with Crippen molar-refractivity contribution < 1.29 is 9.59 Å². The Morgan fingerprint density at radius 1 is 1.40 bits per heavy atom. The van der Waals surface area contributed by atoms with E-state index in [1.807, 2.05) is 0 Å². The Balaban J connectivity index is 2.42. The van der Waals surface area contributed by atoms with Crippen LogP contribution in [0, 0.1) is 17.8 Å². The van der Waals surface area contributed by atoms with E-state index in [-0.39, 0.29) is 17.7 Å². The molecule has 0 aromatic heterocycles. The molecule has 0 aliphatic heterocycles. The molecule has 1 rings (SSSR count). The molecule has 0 bridgehead atoms. The van der Waals surface area contributed by atoms with Gasteiger partial charge in [-0.2, -0.15) is 0 Å². The van der Waals surface area contributed by atoms with Crippen molar-refractivity contribution in [2.75, 3.05) is 6.54 Å². The Morgan fingerprint density at radius 2 is 2.15 bits per heavy atom. The Labute approximate surface area is 123 Å². The molecule has 3 nitrogen and oxygen atoms in total. The van der Waals surface area contributed by atoms with Gasteiger partial charge >= 0.3 is 0 Å². The number of carbonyl (C=O) groups is 2. The molecule has 0 aromatic carbocycles. The molecular formula is C17H29NO2. The van der Waals surface area contributed by atoms with Crippen molar-refractivity contribution >= 4 is 11.7 Å². The molecule has 0 saturated heterocycles. The van der Waals surface area contributed by atoms with Crippen LogP contribution in [0.5, 0.6) is 0 Å². The molecule has 114 valence electrons. The molecule has 3 atom stereocenters. The number of hydrogen-bond acceptors (Lipinski definition) is 2. The van der Waals surface area contributed by atoms with Crippen molar-refractivity contribution in [3.63, 3.8) is 0 Å².